The maximum Gasteiger partial charge on any atom is 0.404 e. The third-order valence-electron chi connectivity index (χ3n) is 12.7. The van der Waals surface area contributed by atoms with Crippen molar-refractivity contribution in [2.45, 2.75) is 253 Å². The Morgan fingerprint density at radius 3 is 0.786 bits per heavy atom. The second-order valence-corrected chi connectivity index (χ2v) is 22.6. The third kappa shape index (κ3) is 23.2. The Kier molecular flexibility index (Phi) is 36.9. The van der Waals surface area contributed by atoms with Crippen LogP contribution in [0.1, 0.15) is 101 Å². The Bertz CT molecular complexity index is 2400. The molecule has 6 rings (SSSR count). The molecule has 103 heavy (non-hydrogen) atoms. The van der Waals surface area contributed by atoms with E-state index in [-0.39, 0.29) is 27.4 Å². The summed E-state index contributed by atoms with van der Waals surface area (Å²) in [6.45, 7) is 1.14. The average molecular weight is 1680 g/mol. The molecule has 4 saturated heterocycles. The first-order chi connectivity index (χ1) is 44.5. The van der Waals surface area contributed by atoms with Crippen molar-refractivity contribution in [3.8, 4) is 0 Å². The summed E-state index contributed by atoms with van der Waals surface area (Å²) < 4.78 is 614. The van der Waals surface area contributed by atoms with Gasteiger partial charge in [0.2, 0.25) is 11.7 Å². The van der Waals surface area contributed by atoms with E-state index in [2.05, 4.69) is 25.8 Å². The van der Waals surface area contributed by atoms with Gasteiger partial charge in [-0.3, -0.25) is 35.8 Å². The smallest absolute Gasteiger partial charge is 0.344 e. The van der Waals surface area contributed by atoms with Crippen LogP contribution in [-0.2, 0) is 23.7 Å². The summed E-state index contributed by atoms with van der Waals surface area (Å²) in [7, 11) is 3.00. The molecule has 0 aromatic carbocycles. The van der Waals surface area contributed by atoms with Gasteiger partial charge in [0.15, 0.2) is 5.79 Å². The van der Waals surface area contributed by atoms with Gasteiger partial charge < -0.3 is 14.2 Å². The van der Waals surface area contributed by atoms with Crippen molar-refractivity contribution < 1.29 is 234 Å². The molecule has 6 fully saturated rings. The molecule has 4 aliphatic heterocycles. The highest BCUT2D eigenvalue weighted by molar-refractivity contribution is 6.24. The van der Waals surface area contributed by atoms with Crippen molar-refractivity contribution in [2.24, 2.45) is 0 Å². The van der Waals surface area contributed by atoms with Crippen molar-refractivity contribution in [3.63, 3.8) is 0 Å². The van der Waals surface area contributed by atoms with Crippen LogP contribution in [0.4, 0.5) is 211 Å². The van der Waals surface area contributed by atoms with E-state index in [0.29, 0.717) is 43.1 Å². The van der Waals surface area contributed by atoms with Crippen LogP contribution in [0.5, 0.6) is 0 Å². The Labute approximate surface area is 555 Å². The molecule has 2 aliphatic carbocycles. The number of halogens is 49. The molecule has 5 nitrogen and oxygen atoms in total. The molecular weight excluding hydrogens is 1620 g/mol. The van der Waals surface area contributed by atoms with E-state index in [4.69, 9.17) is 9.47 Å². The van der Waals surface area contributed by atoms with E-state index in [0.717, 1.165) is 0 Å². The van der Waals surface area contributed by atoms with E-state index in [1.165, 1.54) is 6.92 Å². The topological polar surface area (TPSA) is 46.2 Å². The lowest BCUT2D eigenvalue weighted by atomic mass is 9.72. The van der Waals surface area contributed by atoms with Crippen LogP contribution < -0.4 is 0 Å². The fraction of sp³-hybridized carbons (Fsp3) is 1.00. The van der Waals surface area contributed by atoms with Crippen molar-refractivity contribution in [1.82, 2.24) is 0 Å². The minimum atomic E-state index is -6.54. The summed E-state index contributed by atoms with van der Waals surface area (Å²) in [6.07, 6.45) is -25.7. The van der Waals surface area contributed by atoms with Crippen molar-refractivity contribution in [1.29, 1.82) is 0 Å². The number of rotatable bonds is 5. The second kappa shape index (κ2) is 34.3. The van der Waals surface area contributed by atoms with Crippen molar-refractivity contribution in [2.75, 3.05) is 56.3 Å². The molecule has 0 aromatic rings. The van der Waals surface area contributed by atoms with E-state index in [1.54, 1.807) is 13.8 Å². The SMILES string of the molecule is CC(F)(F)C1(F)C(F)(F)CC(F)(F)C(F)(Cl)C1(F)F.CC(F)(F)C1(F)C(F)(F)CC(F)(F)CC1(F)F.CC(F)(F)C1(F)OC(F)(F)CC1(F)F.CC(F)(F)C1(F)OCC(F)(F)CC1(F)F.CC1(F)CC(F)(F)C(F)(C(C)(F)F)C(F)(F)O1.CC1(F)COC(C)(C)O1.CF.CF.CF.CF.CF.CF. The molecule has 7 atom stereocenters. The van der Waals surface area contributed by atoms with E-state index >= 15 is 0 Å². The number of hydrogen-bond donors (Lipinski definition) is 0. The Morgan fingerprint density at radius 2 is 0.563 bits per heavy atom. The molecular formula is C49H61ClF48O5. The molecule has 6 aliphatic rings. The summed E-state index contributed by atoms with van der Waals surface area (Å²) in [6, 6.07) is 0. The van der Waals surface area contributed by atoms with Gasteiger partial charge in [-0.1, -0.05) is 11.6 Å². The Balaban J connectivity index is -0.000000268. The molecule has 7 unspecified atom stereocenters. The van der Waals surface area contributed by atoms with E-state index in [9.17, 15) is 211 Å². The monoisotopic (exact) mass is 1680 g/mol. The molecule has 630 valence electrons. The lowest BCUT2D eigenvalue weighted by molar-refractivity contribution is -0.473. The highest BCUT2D eigenvalue weighted by Gasteiger charge is 2.94. The summed E-state index contributed by atoms with van der Waals surface area (Å²) in [5.41, 5.74) is -17.4. The number of hydrogen-bond acceptors (Lipinski definition) is 5. The standard InChI is InChI=1S/C8H5ClF10.C8H7F9.C8H8F8O.C7H7F7O.C6H5F7O.C6H11FO2.6CH3F/c1-3(10,11)6(16)4(12,13)2-5(14,15)7(9,17)8(6,18)19;1-4(9,10)8(17)6(13,14)2-5(11,12)3-7(8,15)16;1-4(9)3-6(12,13)7(14,5(2,10)11)8(15,16)17-4;1-4(8,9)7(14)6(12,13)2-5(10,11)3-15-7;1-3(7,8)6(13)4(9,10)2-5(11,12)14-6;1-5(2)8-4-6(3,7)9-5;6*1-2/h2H2,1H3;2-3H2,1H3;3H2,1-2H3;2-3H2,1H3;2H2,1H3;4H2,1-3H3;6*1H3. The van der Waals surface area contributed by atoms with Gasteiger partial charge in [0.25, 0.3) is 53.0 Å². The van der Waals surface area contributed by atoms with Gasteiger partial charge in [0, 0.05) is 34.6 Å². The molecule has 4 heterocycles. The lowest BCUT2D eigenvalue weighted by Crippen LogP contribution is -2.79. The van der Waals surface area contributed by atoms with Crippen LogP contribution in [0.25, 0.3) is 0 Å². The highest BCUT2D eigenvalue weighted by atomic mass is 35.5. The molecule has 0 amide bonds. The van der Waals surface area contributed by atoms with Crippen molar-refractivity contribution in [3.05, 3.63) is 0 Å². The average Bonchev–Trinajstić information content (AvgIpc) is 1.39. The number of alkyl halides is 49. The normalized spacial score (nSPS) is 33.3. The Hall–Kier alpha value is -3.27. The van der Waals surface area contributed by atoms with Gasteiger partial charge in [-0.05, 0) is 27.7 Å². The van der Waals surface area contributed by atoms with Crippen LogP contribution in [0, 0.1) is 0 Å². The fourth-order valence-electron chi connectivity index (χ4n) is 8.55. The third-order valence-corrected chi connectivity index (χ3v) is 13.2. The highest BCUT2D eigenvalue weighted by Crippen LogP contribution is 2.69. The largest absolute Gasteiger partial charge is 0.404 e. The first-order valence-corrected chi connectivity index (χ1v) is 26.2. The van der Waals surface area contributed by atoms with E-state index < -0.39 is 218 Å². The van der Waals surface area contributed by atoms with Crippen LogP contribution >= 0.6 is 11.6 Å². The predicted octanol–water partition coefficient (Wildman–Crippen LogP) is 23.2. The first-order valence-electron chi connectivity index (χ1n) is 25.8. The minimum Gasteiger partial charge on any atom is -0.344 e. The van der Waals surface area contributed by atoms with Gasteiger partial charge in [0.1, 0.15) is 19.6 Å². The van der Waals surface area contributed by atoms with Gasteiger partial charge in [-0.2, -0.15) is 52.7 Å². The fourth-order valence-corrected chi connectivity index (χ4v) is 8.75. The van der Waals surface area contributed by atoms with E-state index in [1.807, 2.05) is 0 Å². The number of ether oxygens (including phenoxy) is 5. The summed E-state index contributed by atoms with van der Waals surface area (Å²) in [5, 5.41) is -5.71. The zero-order valence-corrected chi connectivity index (χ0v) is 55.0. The summed E-state index contributed by atoms with van der Waals surface area (Å²) in [4.78, 5) is 0. The van der Waals surface area contributed by atoms with Crippen LogP contribution in [0.2, 0.25) is 0 Å². The van der Waals surface area contributed by atoms with Gasteiger partial charge in [-0.25, -0.2) is 132 Å². The lowest BCUT2D eigenvalue weighted by Gasteiger charge is -2.51. The zero-order chi connectivity index (χ0) is 86.2. The van der Waals surface area contributed by atoms with Crippen molar-refractivity contribution >= 4 is 11.6 Å². The minimum absolute atomic E-state index is 0.0278. The molecule has 0 N–H and O–H groups in total. The molecule has 54 heteroatoms. The van der Waals surface area contributed by atoms with Crippen LogP contribution in [0.15, 0.2) is 0 Å². The summed E-state index contributed by atoms with van der Waals surface area (Å²) in [5.74, 6) is -93.5. The molecule has 0 spiro atoms. The van der Waals surface area contributed by atoms with Crippen LogP contribution in [-0.4, -0.2) is 209 Å². The first kappa shape index (κ1) is 111. The van der Waals surface area contributed by atoms with Crippen LogP contribution in [0.3, 0.4) is 0 Å². The Morgan fingerprint density at radius 1 is 0.272 bits per heavy atom. The quantitative estimate of drug-likeness (QED) is 0.203. The van der Waals surface area contributed by atoms with Gasteiger partial charge in [0.05, 0.1) is 75.2 Å². The molecule has 0 radical (unpaired) electrons. The second-order valence-electron chi connectivity index (χ2n) is 22.1. The maximum absolute atomic E-state index is 13.6. The molecule has 2 saturated carbocycles. The van der Waals surface area contributed by atoms with Gasteiger partial charge in [-0.15, -0.1) is 0 Å². The molecule has 0 bridgehead atoms. The summed E-state index contributed by atoms with van der Waals surface area (Å²) >= 11 is 4.10. The van der Waals surface area contributed by atoms with Gasteiger partial charge >= 0.3 is 81.8 Å². The zero-order valence-electron chi connectivity index (χ0n) is 54.2. The predicted molar refractivity (Wildman–Crippen MR) is 260 cm³/mol. The molecule has 0 aromatic heterocycles. The maximum atomic E-state index is 13.6.